The fourth-order valence-corrected chi connectivity index (χ4v) is 1.63. The van der Waals surface area contributed by atoms with Crippen molar-refractivity contribution in [2.24, 2.45) is 0 Å². The summed E-state index contributed by atoms with van der Waals surface area (Å²) in [6, 6.07) is 7.46. The second kappa shape index (κ2) is 5.23. The largest absolute Gasteiger partial charge is 0.367 e. The van der Waals surface area contributed by atoms with E-state index in [4.69, 9.17) is 21.9 Å². The topological polar surface area (TPSA) is 52.0 Å². The highest BCUT2D eigenvalue weighted by Crippen LogP contribution is 2.30. The molecular formula is C11H12Cl2N2O. The van der Waals surface area contributed by atoms with Crippen molar-refractivity contribution in [2.45, 2.75) is 13.3 Å². The molecule has 16 heavy (non-hydrogen) atoms. The third kappa shape index (κ3) is 2.31. The number of nitrogens with zero attached hydrogens (tertiary/aromatic N) is 1. The molecule has 2 rings (SSSR count). The first-order chi connectivity index (χ1) is 7.22. The third-order valence-electron chi connectivity index (χ3n) is 2.26. The normalized spacial score (nSPS) is 9.88. The molecule has 2 aromatic rings. The summed E-state index contributed by atoms with van der Waals surface area (Å²) in [7, 11) is 0. The molecule has 1 aromatic heterocycles. The van der Waals surface area contributed by atoms with Gasteiger partial charge in [-0.25, -0.2) is 0 Å². The van der Waals surface area contributed by atoms with Crippen LogP contribution in [-0.4, -0.2) is 5.16 Å². The van der Waals surface area contributed by atoms with E-state index in [1.54, 1.807) is 0 Å². The number of hydrogen-bond donors (Lipinski definition) is 1. The Morgan fingerprint density at radius 3 is 2.50 bits per heavy atom. The molecule has 0 spiro atoms. The molecule has 0 aliphatic rings. The summed E-state index contributed by atoms with van der Waals surface area (Å²) in [5, 5.41) is 4.60. The zero-order valence-corrected chi connectivity index (χ0v) is 10.3. The van der Waals surface area contributed by atoms with Crippen molar-refractivity contribution in [3.8, 4) is 11.1 Å². The second-order valence-corrected chi connectivity index (χ2v) is 3.67. The van der Waals surface area contributed by atoms with Gasteiger partial charge in [-0.05, 0) is 24.1 Å². The molecule has 86 valence electrons. The van der Waals surface area contributed by atoms with E-state index in [1.165, 1.54) is 0 Å². The van der Waals surface area contributed by atoms with Crippen LogP contribution in [0.25, 0.3) is 11.1 Å². The van der Waals surface area contributed by atoms with Gasteiger partial charge in [0.25, 0.3) is 0 Å². The Bertz CT molecular complexity index is 465. The summed E-state index contributed by atoms with van der Waals surface area (Å²) in [5.74, 6) is 0.356. The molecule has 0 bridgehead atoms. The lowest BCUT2D eigenvalue weighted by atomic mass is 10.0. The van der Waals surface area contributed by atoms with E-state index in [-0.39, 0.29) is 12.4 Å². The van der Waals surface area contributed by atoms with Gasteiger partial charge in [0.2, 0.25) is 5.88 Å². The average molecular weight is 259 g/mol. The number of rotatable bonds is 2. The molecule has 0 aliphatic heterocycles. The molecule has 0 fully saturated rings. The van der Waals surface area contributed by atoms with Crippen LogP contribution in [0.1, 0.15) is 12.6 Å². The van der Waals surface area contributed by atoms with Gasteiger partial charge in [-0.15, -0.1) is 12.4 Å². The number of halogens is 2. The lowest BCUT2D eigenvalue weighted by Gasteiger charge is -2.00. The maximum absolute atomic E-state index is 5.82. The molecule has 0 amide bonds. The molecule has 2 N–H and O–H groups in total. The van der Waals surface area contributed by atoms with Gasteiger partial charge in [0, 0.05) is 5.02 Å². The Morgan fingerprint density at radius 1 is 1.31 bits per heavy atom. The molecule has 0 radical (unpaired) electrons. The minimum atomic E-state index is 0. The lowest BCUT2D eigenvalue weighted by Crippen LogP contribution is -1.88. The van der Waals surface area contributed by atoms with Crippen LogP contribution in [0.4, 0.5) is 5.88 Å². The van der Waals surface area contributed by atoms with Crippen molar-refractivity contribution in [2.75, 3.05) is 5.73 Å². The van der Waals surface area contributed by atoms with E-state index in [2.05, 4.69) is 5.16 Å². The van der Waals surface area contributed by atoms with E-state index in [1.807, 2.05) is 31.2 Å². The van der Waals surface area contributed by atoms with E-state index in [0.717, 1.165) is 23.2 Å². The molecule has 1 aromatic carbocycles. The number of aromatic nitrogens is 1. The number of aryl methyl sites for hydroxylation is 1. The smallest absolute Gasteiger partial charge is 0.230 e. The van der Waals surface area contributed by atoms with Crippen molar-refractivity contribution in [3.63, 3.8) is 0 Å². The van der Waals surface area contributed by atoms with Crippen molar-refractivity contribution in [1.82, 2.24) is 5.16 Å². The predicted octanol–water partition coefficient (Wildman–Crippen LogP) is 3.56. The predicted molar refractivity (Wildman–Crippen MR) is 68.0 cm³/mol. The SMILES string of the molecule is CCc1noc(N)c1-c1ccc(Cl)cc1.Cl. The summed E-state index contributed by atoms with van der Waals surface area (Å²) >= 11 is 5.82. The minimum absolute atomic E-state index is 0. The third-order valence-corrected chi connectivity index (χ3v) is 2.51. The number of nitrogens with two attached hydrogens (primary N) is 1. The van der Waals surface area contributed by atoms with E-state index in [0.29, 0.717) is 10.9 Å². The summed E-state index contributed by atoms with van der Waals surface area (Å²) in [6.07, 6.45) is 0.790. The van der Waals surface area contributed by atoms with Crippen molar-refractivity contribution >= 4 is 29.9 Å². The zero-order chi connectivity index (χ0) is 10.8. The Balaban J connectivity index is 0.00000128. The number of nitrogen functional groups attached to an aromatic ring is 1. The van der Waals surface area contributed by atoms with E-state index < -0.39 is 0 Å². The first kappa shape index (κ1) is 12.9. The van der Waals surface area contributed by atoms with Crippen LogP contribution in [0.5, 0.6) is 0 Å². The molecule has 1 heterocycles. The van der Waals surface area contributed by atoms with Gasteiger partial charge in [0.15, 0.2) is 0 Å². The zero-order valence-electron chi connectivity index (χ0n) is 8.74. The fraction of sp³-hybridized carbons (Fsp3) is 0.182. The van der Waals surface area contributed by atoms with Crippen molar-refractivity contribution in [3.05, 3.63) is 35.0 Å². The van der Waals surface area contributed by atoms with Crippen LogP contribution < -0.4 is 5.73 Å². The molecule has 0 saturated heterocycles. The van der Waals surface area contributed by atoms with Crippen LogP contribution in [0.3, 0.4) is 0 Å². The van der Waals surface area contributed by atoms with E-state index in [9.17, 15) is 0 Å². The highest BCUT2D eigenvalue weighted by molar-refractivity contribution is 6.30. The second-order valence-electron chi connectivity index (χ2n) is 3.23. The monoisotopic (exact) mass is 258 g/mol. The van der Waals surface area contributed by atoms with Gasteiger partial charge in [0.05, 0.1) is 11.3 Å². The molecule has 0 saturated carbocycles. The summed E-state index contributed by atoms with van der Waals surface area (Å²) < 4.78 is 4.97. The molecule has 5 heteroatoms. The van der Waals surface area contributed by atoms with Gasteiger partial charge in [-0.3, -0.25) is 0 Å². The van der Waals surface area contributed by atoms with Gasteiger partial charge < -0.3 is 10.3 Å². The number of anilines is 1. The standard InChI is InChI=1S/C11H11ClN2O.ClH/c1-2-9-10(11(13)15-14-9)7-3-5-8(12)6-4-7;/h3-6H,2,13H2,1H3;1H. The molecule has 3 nitrogen and oxygen atoms in total. The van der Waals surface area contributed by atoms with Gasteiger partial charge in [-0.2, -0.15) is 0 Å². The van der Waals surface area contributed by atoms with Crippen LogP contribution in [0, 0.1) is 0 Å². The highest BCUT2D eigenvalue weighted by atomic mass is 35.5. The molecule has 0 aliphatic carbocycles. The molecule has 0 atom stereocenters. The summed E-state index contributed by atoms with van der Waals surface area (Å²) in [4.78, 5) is 0. The Labute approximate surface area is 105 Å². The summed E-state index contributed by atoms with van der Waals surface area (Å²) in [6.45, 7) is 2.01. The number of hydrogen-bond acceptors (Lipinski definition) is 3. The maximum Gasteiger partial charge on any atom is 0.230 e. The Kier molecular flexibility index (Phi) is 4.21. The maximum atomic E-state index is 5.82. The van der Waals surface area contributed by atoms with Crippen LogP contribution >= 0.6 is 24.0 Å². The lowest BCUT2D eigenvalue weighted by molar-refractivity contribution is 0.428. The van der Waals surface area contributed by atoms with Gasteiger partial charge in [0.1, 0.15) is 0 Å². The quantitative estimate of drug-likeness (QED) is 0.897. The minimum Gasteiger partial charge on any atom is -0.367 e. The van der Waals surface area contributed by atoms with E-state index >= 15 is 0 Å². The number of benzene rings is 1. The van der Waals surface area contributed by atoms with Crippen LogP contribution in [0.2, 0.25) is 5.02 Å². The van der Waals surface area contributed by atoms with Gasteiger partial charge >= 0.3 is 0 Å². The molecular weight excluding hydrogens is 247 g/mol. The van der Waals surface area contributed by atoms with Gasteiger partial charge in [-0.1, -0.05) is 35.8 Å². The summed E-state index contributed by atoms with van der Waals surface area (Å²) in [5.41, 5.74) is 8.45. The Hall–Kier alpha value is -1.19. The average Bonchev–Trinajstić information content (AvgIpc) is 2.61. The van der Waals surface area contributed by atoms with Crippen LogP contribution in [-0.2, 0) is 6.42 Å². The molecule has 0 unspecified atom stereocenters. The first-order valence-corrected chi connectivity index (χ1v) is 5.10. The van der Waals surface area contributed by atoms with Crippen molar-refractivity contribution in [1.29, 1.82) is 0 Å². The van der Waals surface area contributed by atoms with Crippen molar-refractivity contribution < 1.29 is 4.52 Å². The first-order valence-electron chi connectivity index (χ1n) is 4.72. The van der Waals surface area contributed by atoms with Crippen LogP contribution in [0.15, 0.2) is 28.8 Å². The Morgan fingerprint density at radius 2 is 1.94 bits per heavy atom. The highest BCUT2D eigenvalue weighted by Gasteiger charge is 2.13. The fourth-order valence-electron chi connectivity index (χ4n) is 1.50.